The molecule has 2 heterocycles. The number of methoxy groups -OCH3 is 1. The molecular weight excluding hydrogens is 315 g/mol. The first-order chi connectivity index (χ1) is 11.6. The SMILES string of the molecule is CO[C@@H]1C[C@@H](c2nncn2C)N(C(=O)COc2ccc(F)cc2)C1. The minimum atomic E-state index is -0.349. The van der Waals surface area contributed by atoms with Crippen molar-refractivity contribution in [1.29, 1.82) is 0 Å². The molecule has 0 bridgehead atoms. The Hall–Kier alpha value is -2.48. The zero-order valence-electron chi connectivity index (χ0n) is 13.6. The Morgan fingerprint density at radius 3 is 2.75 bits per heavy atom. The standard InChI is InChI=1S/C16H19FN4O3/c1-20-10-18-19-16(20)14-7-13(23-2)8-21(14)15(22)9-24-12-5-3-11(17)4-6-12/h3-6,10,13-14H,7-9H2,1-2H3/t13-,14+/m1/s1. The van der Waals surface area contributed by atoms with Crippen LogP contribution >= 0.6 is 0 Å². The Labute approximate surface area is 139 Å². The molecule has 1 fully saturated rings. The number of amides is 1. The Morgan fingerprint density at radius 1 is 1.38 bits per heavy atom. The van der Waals surface area contributed by atoms with E-state index < -0.39 is 0 Å². The topological polar surface area (TPSA) is 69.5 Å². The fraction of sp³-hybridized carbons (Fsp3) is 0.438. The molecule has 1 amide bonds. The molecule has 1 aromatic heterocycles. The van der Waals surface area contributed by atoms with Gasteiger partial charge in [-0.25, -0.2) is 4.39 Å². The van der Waals surface area contributed by atoms with E-state index in [-0.39, 0.29) is 30.5 Å². The Balaban J connectivity index is 1.69. The van der Waals surface area contributed by atoms with Crippen LogP contribution in [-0.4, -0.2) is 51.9 Å². The molecule has 24 heavy (non-hydrogen) atoms. The summed E-state index contributed by atoms with van der Waals surface area (Å²) in [6, 6.07) is 5.36. The van der Waals surface area contributed by atoms with Crippen molar-refractivity contribution in [2.45, 2.75) is 18.6 Å². The fourth-order valence-electron chi connectivity index (χ4n) is 2.84. The van der Waals surface area contributed by atoms with Crippen LogP contribution in [-0.2, 0) is 16.6 Å². The molecule has 0 N–H and O–H groups in total. The van der Waals surface area contributed by atoms with Crippen LogP contribution in [0.15, 0.2) is 30.6 Å². The van der Waals surface area contributed by atoms with Crippen molar-refractivity contribution in [3.05, 3.63) is 42.2 Å². The molecule has 1 saturated heterocycles. The smallest absolute Gasteiger partial charge is 0.261 e. The molecule has 1 aromatic carbocycles. The number of ether oxygens (including phenoxy) is 2. The largest absolute Gasteiger partial charge is 0.484 e. The summed E-state index contributed by atoms with van der Waals surface area (Å²) in [6.07, 6.45) is 2.21. The van der Waals surface area contributed by atoms with Crippen LogP contribution in [0.4, 0.5) is 4.39 Å². The molecule has 0 saturated carbocycles. The number of hydrogen-bond donors (Lipinski definition) is 0. The van der Waals surface area contributed by atoms with Gasteiger partial charge in [0, 0.05) is 27.1 Å². The van der Waals surface area contributed by atoms with Gasteiger partial charge < -0.3 is 18.9 Å². The maximum Gasteiger partial charge on any atom is 0.261 e. The number of hydrogen-bond acceptors (Lipinski definition) is 5. The quantitative estimate of drug-likeness (QED) is 0.825. The Morgan fingerprint density at radius 2 is 2.12 bits per heavy atom. The predicted molar refractivity (Wildman–Crippen MR) is 82.8 cm³/mol. The van der Waals surface area contributed by atoms with E-state index in [4.69, 9.17) is 9.47 Å². The number of nitrogens with zero attached hydrogens (tertiary/aromatic N) is 4. The van der Waals surface area contributed by atoms with E-state index in [1.54, 1.807) is 22.9 Å². The lowest BCUT2D eigenvalue weighted by Gasteiger charge is -2.23. The Bertz CT molecular complexity index is 704. The summed E-state index contributed by atoms with van der Waals surface area (Å²) >= 11 is 0. The summed E-state index contributed by atoms with van der Waals surface area (Å²) in [6.45, 7) is 0.343. The molecule has 2 atom stereocenters. The highest BCUT2D eigenvalue weighted by Gasteiger charge is 2.38. The van der Waals surface area contributed by atoms with Gasteiger partial charge in [-0.3, -0.25) is 4.79 Å². The minimum absolute atomic E-state index is 0.0542. The lowest BCUT2D eigenvalue weighted by Crippen LogP contribution is -2.36. The highest BCUT2D eigenvalue weighted by Crippen LogP contribution is 2.32. The molecule has 7 nitrogen and oxygen atoms in total. The van der Waals surface area contributed by atoms with E-state index in [9.17, 15) is 9.18 Å². The van der Waals surface area contributed by atoms with Crippen molar-refractivity contribution in [1.82, 2.24) is 19.7 Å². The van der Waals surface area contributed by atoms with E-state index in [1.165, 1.54) is 24.3 Å². The summed E-state index contributed by atoms with van der Waals surface area (Å²) in [7, 11) is 3.47. The lowest BCUT2D eigenvalue weighted by atomic mass is 10.2. The zero-order valence-corrected chi connectivity index (χ0v) is 13.6. The monoisotopic (exact) mass is 334 g/mol. The molecule has 128 valence electrons. The van der Waals surface area contributed by atoms with E-state index in [2.05, 4.69) is 10.2 Å². The predicted octanol–water partition coefficient (Wildman–Crippen LogP) is 1.32. The van der Waals surface area contributed by atoms with Crippen LogP contribution in [0.2, 0.25) is 0 Å². The molecule has 2 aromatic rings. The average Bonchev–Trinajstić information content (AvgIpc) is 3.19. The van der Waals surface area contributed by atoms with E-state index in [1.807, 2.05) is 7.05 Å². The maximum atomic E-state index is 12.9. The summed E-state index contributed by atoms with van der Waals surface area (Å²) in [4.78, 5) is 14.3. The number of carbonyl (C=O) groups is 1. The van der Waals surface area contributed by atoms with Crippen molar-refractivity contribution in [2.75, 3.05) is 20.3 Å². The molecule has 3 rings (SSSR count). The highest BCUT2D eigenvalue weighted by molar-refractivity contribution is 5.78. The highest BCUT2D eigenvalue weighted by atomic mass is 19.1. The van der Waals surface area contributed by atoms with Crippen molar-refractivity contribution in [3.8, 4) is 5.75 Å². The third kappa shape index (κ3) is 3.38. The van der Waals surface area contributed by atoms with E-state index in [0.717, 1.165) is 0 Å². The number of benzene rings is 1. The molecule has 0 radical (unpaired) electrons. The molecule has 8 heteroatoms. The first-order valence-corrected chi connectivity index (χ1v) is 7.63. The van der Waals surface area contributed by atoms with Gasteiger partial charge in [-0.1, -0.05) is 0 Å². The van der Waals surface area contributed by atoms with Crippen LogP contribution in [0.5, 0.6) is 5.75 Å². The van der Waals surface area contributed by atoms with Gasteiger partial charge in [0.2, 0.25) is 0 Å². The first kappa shape index (κ1) is 16.4. The zero-order chi connectivity index (χ0) is 17.1. The van der Waals surface area contributed by atoms with Gasteiger partial charge in [0.1, 0.15) is 17.9 Å². The second kappa shape index (κ2) is 6.96. The summed E-state index contributed by atoms with van der Waals surface area (Å²) < 4.78 is 25.6. The van der Waals surface area contributed by atoms with Gasteiger partial charge in [-0.2, -0.15) is 0 Å². The van der Waals surface area contributed by atoms with Gasteiger partial charge in [0.15, 0.2) is 12.4 Å². The maximum absolute atomic E-state index is 12.9. The molecule has 0 unspecified atom stereocenters. The number of aryl methyl sites for hydroxylation is 1. The van der Waals surface area contributed by atoms with Crippen LogP contribution in [0.25, 0.3) is 0 Å². The molecule has 0 spiro atoms. The third-order valence-electron chi connectivity index (χ3n) is 4.14. The Kier molecular flexibility index (Phi) is 4.75. The van der Waals surface area contributed by atoms with Gasteiger partial charge >= 0.3 is 0 Å². The van der Waals surface area contributed by atoms with Crippen LogP contribution in [0.1, 0.15) is 18.3 Å². The van der Waals surface area contributed by atoms with Crippen LogP contribution in [0, 0.1) is 5.82 Å². The van der Waals surface area contributed by atoms with Crippen molar-refractivity contribution in [3.63, 3.8) is 0 Å². The van der Waals surface area contributed by atoms with Crippen LogP contribution < -0.4 is 4.74 Å². The third-order valence-corrected chi connectivity index (χ3v) is 4.14. The second-order valence-electron chi connectivity index (χ2n) is 5.70. The number of halogens is 1. The number of likely N-dealkylation sites (tertiary alicyclic amines) is 1. The molecule has 0 aliphatic carbocycles. The van der Waals surface area contributed by atoms with Gasteiger partial charge in [0.25, 0.3) is 5.91 Å². The summed E-state index contributed by atoms with van der Waals surface area (Å²) in [5.74, 6) is 0.637. The first-order valence-electron chi connectivity index (χ1n) is 7.63. The van der Waals surface area contributed by atoms with E-state index in [0.29, 0.717) is 24.5 Å². The van der Waals surface area contributed by atoms with Gasteiger partial charge in [-0.15, -0.1) is 10.2 Å². The fourth-order valence-corrected chi connectivity index (χ4v) is 2.84. The normalized spacial score (nSPS) is 20.4. The summed E-state index contributed by atoms with van der Waals surface area (Å²) in [5.41, 5.74) is 0. The molecule has 1 aliphatic rings. The number of aromatic nitrogens is 3. The van der Waals surface area contributed by atoms with E-state index >= 15 is 0 Å². The number of rotatable bonds is 5. The molecular formula is C16H19FN4O3. The van der Waals surface area contributed by atoms with Crippen molar-refractivity contribution in [2.24, 2.45) is 7.05 Å². The lowest BCUT2D eigenvalue weighted by molar-refractivity contribution is -0.134. The van der Waals surface area contributed by atoms with Crippen molar-refractivity contribution >= 4 is 5.91 Å². The van der Waals surface area contributed by atoms with Gasteiger partial charge in [-0.05, 0) is 24.3 Å². The van der Waals surface area contributed by atoms with Crippen LogP contribution in [0.3, 0.4) is 0 Å². The van der Waals surface area contributed by atoms with Gasteiger partial charge in [0.05, 0.1) is 12.1 Å². The van der Waals surface area contributed by atoms with Crippen molar-refractivity contribution < 1.29 is 18.7 Å². The average molecular weight is 334 g/mol. The minimum Gasteiger partial charge on any atom is -0.484 e. The molecule has 1 aliphatic heterocycles. The number of carbonyl (C=O) groups excluding carboxylic acids is 1. The summed E-state index contributed by atoms with van der Waals surface area (Å²) in [5, 5.41) is 7.99. The second-order valence-corrected chi connectivity index (χ2v) is 5.70.